The highest BCUT2D eigenvalue weighted by Crippen LogP contribution is 2.11. The number of rotatable bonds is 23. The molecule has 32 heavy (non-hydrogen) atoms. The van der Waals surface area contributed by atoms with Crippen LogP contribution in [0.5, 0.6) is 0 Å². The van der Waals surface area contributed by atoms with E-state index < -0.39 is 11.9 Å². The van der Waals surface area contributed by atoms with E-state index in [4.69, 9.17) is 19.7 Å². The summed E-state index contributed by atoms with van der Waals surface area (Å²) in [6.45, 7) is 0.176. The highest BCUT2D eigenvalue weighted by atomic mass is 16.6. The number of hydrogen-bond acceptors (Lipinski definition) is 6. The molecule has 186 valence electrons. The second-order valence-corrected chi connectivity index (χ2v) is 8.18. The van der Waals surface area contributed by atoms with E-state index in [-0.39, 0.29) is 38.0 Å². The first-order valence-electron chi connectivity index (χ1n) is 12.2. The number of ether oxygens (including phenoxy) is 2. The Morgan fingerprint density at radius 1 is 0.406 bits per heavy atom. The van der Waals surface area contributed by atoms with Gasteiger partial charge in [0.2, 0.25) is 0 Å². The second-order valence-electron chi connectivity index (χ2n) is 8.18. The molecule has 0 saturated heterocycles. The number of carboxylic acids is 2. The Labute approximate surface area is 192 Å². The van der Waals surface area contributed by atoms with Gasteiger partial charge in [0.25, 0.3) is 0 Å². The first kappa shape index (κ1) is 29.9. The molecular weight excluding hydrogens is 416 g/mol. The minimum Gasteiger partial charge on any atom is -0.481 e. The largest absolute Gasteiger partial charge is 0.481 e. The van der Waals surface area contributed by atoms with Crippen molar-refractivity contribution in [1.29, 1.82) is 0 Å². The van der Waals surface area contributed by atoms with Crippen molar-refractivity contribution in [2.24, 2.45) is 0 Å². The van der Waals surface area contributed by atoms with Gasteiger partial charge in [-0.15, -0.1) is 0 Å². The standard InChI is InChI=1S/C24H42O8/c25-21(26)15-11-7-3-1-5-9-13-17-23(29)31-19-20-32-24(30)18-14-10-6-2-4-8-12-16-22(27)28/h1-20H2,(H,25,26)(H,27,28). The molecule has 0 atom stereocenters. The van der Waals surface area contributed by atoms with E-state index in [1.165, 1.54) is 0 Å². The van der Waals surface area contributed by atoms with Crippen LogP contribution in [-0.2, 0) is 28.7 Å². The summed E-state index contributed by atoms with van der Waals surface area (Å²) in [5, 5.41) is 17.1. The number of carbonyl (C=O) groups is 4. The number of hydrogen-bond donors (Lipinski definition) is 2. The molecule has 0 aromatic heterocycles. The van der Waals surface area contributed by atoms with Crippen molar-refractivity contribution in [3.63, 3.8) is 0 Å². The maximum atomic E-state index is 11.6. The van der Waals surface area contributed by atoms with E-state index in [0.717, 1.165) is 89.9 Å². The zero-order chi connectivity index (χ0) is 23.9. The van der Waals surface area contributed by atoms with Gasteiger partial charge in [-0.1, -0.05) is 64.2 Å². The van der Waals surface area contributed by atoms with Crippen molar-refractivity contribution >= 4 is 23.9 Å². The molecule has 2 N–H and O–H groups in total. The van der Waals surface area contributed by atoms with Gasteiger partial charge in [0.1, 0.15) is 13.2 Å². The van der Waals surface area contributed by atoms with Gasteiger partial charge in [-0.05, 0) is 25.7 Å². The van der Waals surface area contributed by atoms with Gasteiger partial charge >= 0.3 is 23.9 Å². The molecule has 0 amide bonds. The third-order valence-electron chi connectivity index (χ3n) is 5.15. The van der Waals surface area contributed by atoms with Crippen LogP contribution in [-0.4, -0.2) is 47.3 Å². The molecule has 0 unspecified atom stereocenters. The van der Waals surface area contributed by atoms with Crippen LogP contribution in [0.2, 0.25) is 0 Å². The lowest BCUT2D eigenvalue weighted by Gasteiger charge is -2.07. The van der Waals surface area contributed by atoms with Gasteiger partial charge in [0.05, 0.1) is 0 Å². The van der Waals surface area contributed by atoms with Gasteiger partial charge in [0, 0.05) is 25.7 Å². The molecule has 8 nitrogen and oxygen atoms in total. The van der Waals surface area contributed by atoms with E-state index in [2.05, 4.69) is 0 Å². The first-order valence-corrected chi connectivity index (χ1v) is 12.2. The normalized spacial score (nSPS) is 10.6. The van der Waals surface area contributed by atoms with Crippen LogP contribution < -0.4 is 0 Å². The van der Waals surface area contributed by atoms with E-state index in [0.29, 0.717) is 12.8 Å². The molecule has 0 aliphatic heterocycles. The fraction of sp³-hybridized carbons (Fsp3) is 0.833. The summed E-state index contributed by atoms with van der Waals surface area (Å²) < 4.78 is 10.1. The highest BCUT2D eigenvalue weighted by molar-refractivity contribution is 5.70. The van der Waals surface area contributed by atoms with Crippen molar-refractivity contribution in [1.82, 2.24) is 0 Å². The average molecular weight is 459 g/mol. The maximum Gasteiger partial charge on any atom is 0.305 e. The van der Waals surface area contributed by atoms with Crippen molar-refractivity contribution in [3.05, 3.63) is 0 Å². The Morgan fingerprint density at radius 2 is 0.656 bits per heavy atom. The monoisotopic (exact) mass is 458 g/mol. The summed E-state index contributed by atoms with van der Waals surface area (Å²) in [6.07, 6.45) is 14.2. The quantitative estimate of drug-likeness (QED) is 0.157. The van der Waals surface area contributed by atoms with E-state index in [9.17, 15) is 19.2 Å². The Hall–Kier alpha value is -2.12. The molecule has 0 bridgehead atoms. The van der Waals surface area contributed by atoms with Gasteiger partial charge in [-0.2, -0.15) is 0 Å². The predicted molar refractivity (Wildman–Crippen MR) is 120 cm³/mol. The number of carboxylic acid groups (broad SMARTS) is 2. The highest BCUT2D eigenvalue weighted by Gasteiger charge is 2.06. The van der Waals surface area contributed by atoms with Crippen molar-refractivity contribution in [3.8, 4) is 0 Å². The van der Waals surface area contributed by atoms with Crippen molar-refractivity contribution < 1.29 is 38.9 Å². The Morgan fingerprint density at radius 3 is 0.938 bits per heavy atom. The molecule has 0 heterocycles. The summed E-state index contributed by atoms with van der Waals surface area (Å²) >= 11 is 0. The Bertz CT molecular complexity index is 472. The predicted octanol–water partition coefficient (Wildman–Crippen LogP) is 5.26. The molecule has 0 spiro atoms. The Kier molecular flexibility index (Phi) is 20.6. The Balaban J connectivity index is 3.33. The third kappa shape index (κ3) is 24.2. The fourth-order valence-corrected chi connectivity index (χ4v) is 3.31. The number of unbranched alkanes of at least 4 members (excludes halogenated alkanes) is 12. The van der Waals surface area contributed by atoms with Crippen LogP contribution in [0.15, 0.2) is 0 Å². The SMILES string of the molecule is O=C(O)CCCCCCCCCC(=O)OCCOC(=O)CCCCCCCCCC(=O)O. The summed E-state index contributed by atoms with van der Waals surface area (Å²) in [5.74, 6) is -2.03. The number of carbonyl (C=O) groups excluding carboxylic acids is 2. The lowest BCUT2D eigenvalue weighted by Crippen LogP contribution is -2.13. The second kappa shape index (κ2) is 22.1. The van der Waals surface area contributed by atoms with Crippen LogP contribution in [0.25, 0.3) is 0 Å². The number of esters is 2. The third-order valence-corrected chi connectivity index (χ3v) is 5.15. The molecular formula is C24H42O8. The van der Waals surface area contributed by atoms with E-state index in [1.54, 1.807) is 0 Å². The zero-order valence-corrected chi connectivity index (χ0v) is 19.5. The topological polar surface area (TPSA) is 127 Å². The van der Waals surface area contributed by atoms with Crippen LogP contribution >= 0.6 is 0 Å². The van der Waals surface area contributed by atoms with Crippen molar-refractivity contribution in [2.75, 3.05) is 13.2 Å². The minimum absolute atomic E-state index is 0.0878. The van der Waals surface area contributed by atoms with Crippen LogP contribution in [0.1, 0.15) is 116 Å². The van der Waals surface area contributed by atoms with E-state index >= 15 is 0 Å². The molecule has 0 radical (unpaired) electrons. The van der Waals surface area contributed by atoms with Crippen LogP contribution in [0.4, 0.5) is 0 Å². The fourth-order valence-electron chi connectivity index (χ4n) is 3.31. The molecule has 0 aliphatic carbocycles. The molecule has 0 aromatic carbocycles. The maximum absolute atomic E-state index is 11.6. The first-order chi connectivity index (χ1) is 15.4. The number of aliphatic carboxylic acids is 2. The van der Waals surface area contributed by atoms with Gasteiger partial charge in [0.15, 0.2) is 0 Å². The van der Waals surface area contributed by atoms with Crippen molar-refractivity contribution in [2.45, 2.75) is 116 Å². The molecule has 0 aromatic rings. The molecule has 0 aliphatic rings. The smallest absolute Gasteiger partial charge is 0.305 e. The molecule has 0 saturated carbocycles. The van der Waals surface area contributed by atoms with Crippen LogP contribution in [0, 0.1) is 0 Å². The van der Waals surface area contributed by atoms with Gasteiger partial charge in [-0.25, -0.2) is 0 Å². The summed E-state index contributed by atoms with van der Waals surface area (Å²) in [4.78, 5) is 44.1. The lowest BCUT2D eigenvalue weighted by molar-refractivity contribution is -0.152. The molecule has 8 heteroatoms. The van der Waals surface area contributed by atoms with E-state index in [1.807, 2.05) is 0 Å². The summed E-state index contributed by atoms with van der Waals surface area (Å²) in [7, 11) is 0. The lowest BCUT2D eigenvalue weighted by atomic mass is 10.1. The van der Waals surface area contributed by atoms with Crippen LogP contribution in [0.3, 0.4) is 0 Å². The van der Waals surface area contributed by atoms with Gasteiger partial charge in [-0.3, -0.25) is 19.2 Å². The summed E-state index contributed by atoms with van der Waals surface area (Å²) in [5.41, 5.74) is 0. The zero-order valence-electron chi connectivity index (χ0n) is 19.5. The van der Waals surface area contributed by atoms with Gasteiger partial charge < -0.3 is 19.7 Å². The molecule has 0 fully saturated rings. The molecule has 0 rings (SSSR count). The minimum atomic E-state index is -0.743. The average Bonchev–Trinajstić information content (AvgIpc) is 2.74. The summed E-state index contributed by atoms with van der Waals surface area (Å²) in [6, 6.07) is 0.